The number of thioether (sulfide) groups is 2. The molecular formula is C49H48ClFN6O4S5. The van der Waals surface area contributed by atoms with Crippen LogP contribution < -0.4 is 0 Å². The quantitative estimate of drug-likeness (QED) is 0.0973. The Hall–Kier alpha value is -4.46. The zero-order valence-electron chi connectivity index (χ0n) is 36.1. The van der Waals surface area contributed by atoms with Gasteiger partial charge in [-0.25, -0.2) is 4.39 Å². The van der Waals surface area contributed by atoms with Gasteiger partial charge in [0.25, 0.3) is 0 Å². The summed E-state index contributed by atoms with van der Waals surface area (Å²) in [5.41, 5.74) is 3.86. The van der Waals surface area contributed by atoms with E-state index in [9.17, 15) is 24.8 Å². The van der Waals surface area contributed by atoms with Crippen LogP contribution in [0.1, 0.15) is 62.9 Å². The number of aryl methyl sites for hydroxylation is 2. The van der Waals surface area contributed by atoms with Crippen LogP contribution in [-0.2, 0) is 43.4 Å². The molecule has 3 aliphatic rings. The molecular weight excluding hydrogens is 951 g/mol. The molecule has 4 N–H and O–H groups in total. The first-order chi connectivity index (χ1) is 31.7. The number of hydrogen-bond acceptors (Lipinski definition) is 12. The van der Waals surface area contributed by atoms with E-state index < -0.39 is 23.0 Å². The number of rotatable bonds is 10. The number of benzene rings is 3. The molecule has 0 bridgehead atoms. The lowest BCUT2D eigenvalue weighted by atomic mass is 9.96. The smallest absolute Gasteiger partial charge is 0.175 e. The topological polar surface area (TPSA) is 129 Å². The monoisotopic (exact) mass is 998 g/mol. The van der Waals surface area contributed by atoms with Crippen LogP contribution in [0.5, 0.6) is 0 Å². The Labute approximate surface area is 413 Å². The normalized spacial score (nSPS) is 21.4. The Balaban J connectivity index is 0.000000147. The fourth-order valence-corrected chi connectivity index (χ4v) is 11.5. The fraction of sp³-hybridized carbons (Fsp3) is 0.265. The number of aromatic nitrogens is 3. The van der Waals surface area contributed by atoms with Crippen molar-refractivity contribution in [2.75, 3.05) is 11.5 Å². The van der Waals surface area contributed by atoms with Crippen molar-refractivity contribution in [3.8, 4) is 0 Å². The van der Waals surface area contributed by atoms with Gasteiger partial charge in [0.2, 0.25) is 0 Å². The summed E-state index contributed by atoms with van der Waals surface area (Å²) in [6, 6.07) is 29.1. The van der Waals surface area contributed by atoms with Crippen molar-refractivity contribution in [1.82, 2.24) is 29.7 Å². The van der Waals surface area contributed by atoms with Crippen LogP contribution in [0.4, 0.5) is 4.39 Å². The first-order valence-corrected chi connectivity index (χ1v) is 24.5. The highest BCUT2D eigenvalue weighted by atomic mass is 35.5. The second kappa shape index (κ2) is 21.7. The summed E-state index contributed by atoms with van der Waals surface area (Å²) < 4.78 is 15.0. The summed E-state index contributed by atoms with van der Waals surface area (Å²) in [5, 5.41) is 43.8. The van der Waals surface area contributed by atoms with E-state index in [4.69, 9.17) is 48.3 Å². The van der Waals surface area contributed by atoms with Crippen LogP contribution in [0.25, 0.3) is 0 Å². The molecule has 0 saturated carbocycles. The van der Waals surface area contributed by atoms with Gasteiger partial charge in [0, 0.05) is 91.4 Å². The number of aliphatic hydroxyl groups excluding tert-OH is 1. The van der Waals surface area contributed by atoms with E-state index in [1.54, 1.807) is 35.9 Å². The average molecular weight is 1000 g/mol. The van der Waals surface area contributed by atoms with Crippen LogP contribution in [0, 0.1) is 19.7 Å². The minimum Gasteiger partial charge on any atom is -0.392 e. The number of nitrogens with zero attached hydrogens (tertiary/aromatic N) is 6. The van der Waals surface area contributed by atoms with Gasteiger partial charge in [-0.3, -0.25) is 15.0 Å². The van der Waals surface area contributed by atoms with Crippen molar-refractivity contribution in [2.24, 2.45) is 0 Å². The van der Waals surface area contributed by atoms with E-state index in [0.717, 1.165) is 48.3 Å². The lowest BCUT2D eigenvalue weighted by molar-refractivity contribution is -0.0677. The number of hydrogen-bond donors (Lipinski definition) is 4. The van der Waals surface area contributed by atoms with Gasteiger partial charge in [0.05, 0.1) is 23.1 Å². The minimum atomic E-state index is -1.46. The third-order valence-electron chi connectivity index (χ3n) is 11.6. The zero-order valence-corrected chi connectivity index (χ0v) is 41.0. The van der Waals surface area contributed by atoms with Gasteiger partial charge in [-0.2, -0.15) is 0 Å². The van der Waals surface area contributed by atoms with Gasteiger partial charge in [-0.1, -0.05) is 132 Å². The number of pyridine rings is 3. The number of aliphatic hydroxyl groups is 4. The molecule has 0 radical (unpaired) electrons. The summed E-state index contributed by atoms with van der Waals surface area (Å²) >= 11 is 25.5. The minimum absolute atomic E-state index is 0.280. The van der Waals surface area contributed by atoms with E-state index >= 15 is 0 Å². The van der Waals surface area contributed by atoms with Crippen molar-refractivity contribution in [1.29, 1.82) is 0 Å². The highest BCUT2D eigenvalue weighted by molar-refractivity contribution is 8.23. The Kier molecular flexibility index (Phi) is 16.2. The highest BCUT2D eigenvalue weighted by Gasteiger charge is 2.47. The Morgan fingerprint density at radius 2 is 1.17 bits per heavy atom. The molecule has 3 aromatic carbocycles. The van der Waals surface area contributed by atoms with Crippen molar-refractivity contribution in [3.63, 3.8) is 0 Å². The number of likely N-dealkylation sites (tertiary alicyclic amines) is 1. The van der Waals surface area contributed by atoms with Gasteiger partial charge in [-0.05, 0) is 84.1 Å². The van der Waals surface area contributed by atoms with Gasteiger partial charge < -0.3 is 35.1 Å². The molecule has 0 aliphatic carbocycles. The van der Waals surface area contributed by atoms with E-state index in [0.29, 0.717) is 58.7 Å². The zero-order chi connectivity index (χ0) is 47.1. The summed E-state index contributed by atoms with van der Waals surface area (Å²) in [6.07, 6.45) is 11.7. The lowest BCUT2D eigenvalue weighted by Gasteiger charge is -2.36. The van der Waals surface area contributed by atoms with Crippen molar-refractivity contribution < 1.29 is 24.8 Å². The second-order valence-corrected chi connectivity index (χ2v) is 20.1. The molecule has 0 spiro atoms. The summed E-state index contributed by atoms with van der Waals surface area (Å²) in [7, 11) is 0. The van der Waals surface area contributed by atoms with Gasteiger partial charge in [0.15, 0.2) is 17.2 Å². The largest absolute Gasteiger partial charge is 0.392 e. The second-order valence-electron chi connectivity index (χ2n) is 16.1. The maximum Gasteiger partial charge on any atom is 0.175 e. The van der Waals surface area contributed by atoms with Crippen LogP contribution >= 0.6 is 71.8 Å². The predicted molar refractivity (Wildman–Crippen MR) is 273 cm³/mol. The van der Waals surface area contributed by atoms with Crippen molar-refractivity contribution in [3.05, 3.63) is 195 Å². The third-order valence-corrected chi connectivity index (χ3v) is 15.5. The average Bonchev–Trinajstić information content (AvgIpc) is 3.90. The molecule has 10 nitrogen and oxygen atoms in total. The molecule has 66 heavy (non-hydrogen) atoms. The number of halogens is 2. The summed E-state index contributed by atoms with van der Waals surface area (Å²) in [6.45, 7) is 5.16. The van der Waals surface area contributed by atoms with Gasteiger partial charge >= 0.3 is 0 Å². The SMILES string of the molecule is Cc1ccc(Cl)c(C2(O)CCC(=S)N2Cc2cccnc2)c1.Cc1ccccc1C1(O)CSC(=S)N1Cc1cccnc1.OCc1ccc(F)cc1C1(O)CSC(=S)N1Cc1cccnc1. The molecule has 3 aromatic heterocycles. The molecule has 9 rings (SSSR count). The molecule has 3 aliphatic heterocycles. The van der Waals surface area contributed by atoms with E-state index in [2.05, 4.69) is 15.0 Å². The van der Waals surface area contributed by atoms with Crippen LogP contribution in [-0.4, -0.2) is 75.2 Å². The predicted octanol–water partition coefficient (Wildman–Crippen LogP) is 9.27. The molecule has 0 amide bonds. The fourth-order valence-electron chi connectivity index (χ4n) is 8.08. The lowest BCUT2D eigenvalue weighted by Crippen LogP contribution is -2.44. The van der Waals surface area contributed by atoms with E-state index in [-0.39, 0.29) is 12.4 Å². The van der Waals surface area contributed by atoms with Crippen LogP contribution in [0.2, 0.25) is 5.02 Å². The highest BCUT2D eigenvalue weighted by Crippen LogP contribution is 2.44. The van der Waals surface area contributed by atoms with Crippen molar-refractivity contribution >= 4 is 85.4 Å². The molecule has 6 heterocycles. The molecule has 3 fully saturated rings. The Morgan fingerprint density at radius 3 is 1.68 bits per heavy atom. The number of thiocarbonyl (C=S) groups is 3. The standard InChI is InChI=1S/C17H17ClN2OS.C16H15FN2O2S2.C16H16N2OS2/c1-12-4-5-15(18)14(9-12)17(21)7-6-16(22)20(17)11-13-3-2-8-19-10-13;17-13-4-3-12(9-20)14(6-13)16(21)10-23-15(22)19(16)8-11-2-1-5-18-7-11;1-12-5-2-3-7-14(12)16(19)11-21-15(20)18(16)10-13-6-4-8-17-9-13/h2-5,8-10,21H,6-7,11H2,1H3;1-7,20-21H,8-10H2;2-9,19H,10-11H2,1H3. The Morgan fingerprint density at radius 1 is 0.636 bits per heavy atom. The molecule has 6 aromatic rings. The van der Waals surface area contributed by atoms with E-state index in [1.165, 1.54) is 41.7 Å². The molecule has 17 heteroatoms. The molecule has 3 unspecified atom stereocenters. The molecule has 342 valence electrons. The Bertz CT molecular complexity index is 2680. The third kappa shape index (κ3) is 10.9. The summed E-state index contributed by atoms with van der Waals surface area (Å²) in [5.74, 6) is 0.370. The summed E-state index contributed by atoms with van der Waals surface area (Å²) in [4.78, 5) is 18.5. The van der Waals surface area contributed by atoms with Gasteiger partial charge in [-0.15, -0.1) is 0 Å². The maximum absolute atomic E-state index is 13.7. The van der Waals surface area contributed by atoms with Crippen LogP contribution in [0.15, 0.2) is 134 Å². The van der Waals surface area contributed by atoms with Crippen molar-refractivity contribution in [2.45, 2.75) is 70.1 Å². The first kappa shape index (κ1) is 49.4. The molecule has 3 atom stereocenters. The maximum atomic E-state index is 13.7. The van der Waals surface area contributed by atoms with Gasteiger partial charge in [0.1, 0.15) is 14.5 Å². The first-order valence-electron chi connectivity index (χ1n) is 20.9. The van der Waals surface area contributed by atoms with E-state index in [1.807, 2.05) is 109 Å². The molecule has 3 saturated heterocycles. The van der Waals surface area contributed by atoms with Crippen LogP contribution in [0.3, 0.4) is 0 Å².